The lowest BCUT2D eigenvalue weighted by Gasteiger charge is -2.28. The minimum Gasteiger partial charge on any atom is -0.350 e. The van der Waals surface area contributed by atoms with Crippen molar-refractivity contribution in [1.29, 1.82) is 0 Å². The Morgan fingerprint density at radius 3 is 1.68 bits per heavy atom. The highest BCUT2D eigenvalue weighted by molar-refractivity contribution is 5.95. The van der Waals surface area contributed by atoms with Gasteiger partial charge >= 0.3 is 0 Å². The second-order valence-electron chi connectivity index (χ2n) is 14.4. The Balaban J connectivity index is 2.25. The molecule has 0 saturated heterocycles. The Labute approximate surface area is 245 Å². The molecule has 0 spiro atoms. The molecule has 222 valence electrons. The van der Waals surface area contributed by atoms with Gasteiger partial charge in [0.2, 0.25) is 0 Å². The molecule has 0 fully saturated rings. The van der Waals surface area contributed by atoms with Crippen LogP contribution in [0.3, 0.4) is 0 Å². The van der Waals surface area contributed by atoms with Gasteiger partial charge in [0.05, 0.1) is 0 Å². The van der Waals surface area contributed by atoms with E-state index in [1.54, 1.807) is 0 Å². The van der Waals surface area contributed by atoms with Crippen molar-refractivity contribution in [2.24, 2.45) is 0 Å². The second-order valence-corrected chi connectivity index (χ2v) is 14.4. The summed E-state index contributed by atoms with van der Waals surface area (Å²) in [7, 11) is 1.93. The maximum atomic E-state index is 13.7. The molecule has 2 aromatic carbocycles. The zero-order valence-electron chi connectivity index (χ0n) is 27.7. The van der Waals surface area contributed by atoms with Crippen LogP contribution >= 0.6 is 0 Å². The van der Waals surface area contributed by atoms with Crippen molar-refractivity contribution in [3.05, 3.63) is 69.8 Å². The number of carbonyl (C=O) groups excluding carboxylic acids is 2. The summed E-state index contributed by atoms with van der Waals surface area (Å²) >= 11 is 0. The molecule has 2 aromatic rings. The standard InChI is InChI=1S/C36H56N2O2/c1-14-24(4)27-18-30(22-32(19-27)36(10,11)12)34(40)38(13)26(6)16-15-25(5)28-17-29(33(39)37-23(2)3)21-31(20-28)35(7,8)9/h17-26H,14-16H2,1-13H3,(H,37,39). The van der Waals surface area contributed by atoms with Crippen LogP contribution in [0.25, 0.3) is 0 Å². The van der Waals surface area contributed by atoms with Crippen LogP contribution in [0.15, 0.2) is 36.4 Å². The Morgan fingerprint density at radius 1 is 0.725 bits per heavy atom. The van der Waals surface area contributed by atoms with Crippen LogP contribution in [0.1, 0.15) is 157 Å². The summed E-state index contributed by atoms with van der Waals surface area (Å²) in [5.74, 6) is 0.731. The van der Waals surface area contributed by atoms with E-state index in [2.05, 4.69) is 98.8 Å². The van der Waals surface area contributed by atoms with Gasteiger partial charge in [0.25, 0.3) is 11.8 Å². The fourth-order valence-corrected chi connectivity index (χ4v) is 4.83. The molecule has 40 heavy (non-hydrogen) atoms. The smallest absolute Gasteiger partial charge is 0.253 e. The third kappa shape index (κ3) is 8.94. The Morgan fingerprint density at radius 2 is 1.20 bits per heavy atom. The van der Waals surface area contributed by atoms with Gasteiger partial charge in [-0.1, -0.05) is 74.4 Å². The Kier molecular flexibility index (Phi) is 11.2. The maximum Gasteiger partial charge on any atom is 0.253 e. The van der Waals surface area contributed by atoms with Gasteiger partial charge in [0.15, 0.2) is 0 Å². The summed E-state index contributed by atoms with van der Waals surface area (Å²) in [6, 6.07) is 13.0. The fourth-order valence-electron chi connectivity index (χ4n) is 4.83. The van der Waals surface area contributed by atoms with E-state index >= 15 is 0 Å². The largest absolute Gasteiger partial charge is 0.350 e. The molecule has 4 heteroatoms. The van der Waals surface area contributed by atoms with Crippen LogP contribution in [0.5, 0.6) is 0 Å². The van der Waals surface area contributed by atoms with E-state index in [0.29, 0.717) is 5.92 Å². The van der Waals surface area contributed by atoms with E-state index in [1.807, 2.05) is 37.9 Å². The molecule has 0 heterocycles. The third-order valence-electron chi connectivity index (χ3n) is 8.32. The number of carbonyl (C=O) groups is 2. The van der Waals surface area contributed by atoms with Gasteiger partial charge in [0.1, 0.15) is 0 Å². The van der Waals surface area contributed by atoms with Crippen LogP contribution in [0, 0.1) is 0 Å². The van der Waals surface area contributed by atoms with Gasteiger partial charge in [-0.25, -0.2) is 0 Å². The monoisotopic (exact) mass is 548 g/mol. The predicted molar refractivity (Wildman–Crippen MR) is 171 cm³/mol. The predicted octanol–water partition coefficient (Wildman–Crippen LogP) is 8.98. The molecule has 0 saturated carbocycles. The van der Waals surface area contributed by atoms with Crippen LogP contribution in [-0.2, 0) is 10.8 Å². The van der Waals surface area contributed by atoms with Crippen LogP contribution in [-0.4, -0.2) is 35.8 Å². The van der Waals surface area contributed by atoms with Crippen molar-refractivity contribution in [3.8, 4) is 0 Å². The molecule has 2 amide bonds. The highest BCUT2D eigenvalue weighted by Crippen LogP contribution is 2.32. The van der Waals surface area contributed by atoms with E-state index in [0.717, 1.165) is 30.4 Å². The van der Waals surface area contributed by atoms with Gasteiger partial charge in [-0.3, -0.25) is 9.59 Å². The minimum absolute atomic E-state index is 0.0232. The molecule has 0 aliphatic carbocycles. The Hall–Kier alpha value is -2.62. The first kappa shape index (κ1) is 33.6. The van der Waals surface area contributed by atoms with E-state index < -0.39 is 0 Å². The third-order valence-corrected chi connectivity index (χ3v) is 8.32. The lowest BCUT2D eigenvalue weighted by molar-refractivity contribution is 0.0733. The number of nitrogens with zero attached hydrogens (tertiary/aromatic N) is 1. The topological polar surface area (TPSA) is 49.4 Å². The molecule has 3 unspecified atom stereocenters. The van der Waals surface area contributed by atoms with Crippen LogP contribution < -0.4 is 5.32 Å². The summed E-state index contributed by atoms with van der Waals surface area (Å²) < 4.78 is 0. The normalized spacial score (nSPS) is 14.6. The van der Waals surface area contributed by atoms with Gasteiger partial charge in [-0.15, -0.1) is 0 Å². The Bertz CT molecular complexity index is 1170. The first-order valence-corrected chi connectivity index (χ1v) is 15.2. The molecular weight excluding hydrogens is 492 g/mol. The van der Waals surface area contributed by atoms with Gasteiger partial charge in [-0.05, 0) is 109 Å². The zero-order chi connectivity index (χ0) is 30.6. The van der Waals surface area contributed by atoms with Crippen LogP contribution in [0.2, 0.25) is 0 Å². The lowest BCUT2D eigenvalue weighted by atomic mass is 9.82. The van der Waals surface area contributed by atoms with E-state index in [9.17, 15) is 9.59 Å². The van der Waals surface area contributed by atoms with Crippen LogP contribution in [0.4, 0.5) is 0 Å². The van der Waals surface area contributed by atoms with Gasteiger partial charge < -0.3 is 10.2 Å². The summed E-state index contributed by atoms with van der Waals surface area (Å²) in [6.07, 6.45) is 2.86. The number of rotatable bonds is 10. The molecule has 0 aromatic heterocycles. The van der Waals surface area contributed by atoms with E-state index in [4.69, 9.17) is 0 Å². The maximum absolute atomic E-state index is 13.7. The average Bonchev–Trinajstić information content (AvgIpc) is 2.88. The van der Waals surface area contributed by atoms with Crippen molar-refractivity contribution in [2.45, 2.75) is 137 Å². The SMILES string of the molecule is CCC(C)c1cc(C(=O)N(C)C(C)CCC(C)c2cc(C(=O)NC(C)C)cc(C(C)(C)C)c2)cc(C(C)(C)C)c1. The number of hydrogen-bond acceptors (Lipinski definition) is 2. The molecule has 3 atom stereocenters. The van der Waals surface area contributed by atoms with Gasteiger partial charge in [-0.2, -0.15) is 0 Å². The molecule has 0 bridgehead atoms. The average molecular weight is 549 g/mol. The highest BCUT2D eigenvalue weighted by Gasteiger charge is 2.24. The fraction of sp³-hybridized carbons (Fsp3) is 0.611. The number of amides is 2. The molecule has 0 radical (unpaired) electrons. The first-order valence-electron chi connectivity index (χ1n) is 15.2. The highest BCUT2D eigenvalue weighted by atomic mass is 16.2. The molecule has 1 N–H and O–H groups in total. The van der Waals surface area contributed by atoms with E-state index in [-0.39, 0.29) is 40.6 Å². The van der Waals surface area contributed by atoms with Crippen molar-refractivity contribution < 1.29 is 9.59 Å². The molecule has 0 aliphatic rings. The van der Waals surface area contributed by atoms with Crippen molar-refractivity contribution >= 4 is 11.8 Å². The number of benzene rings is 2. The summed E-state index contributed by atoms with van der Waals surface area (Å²) in [5, 5.41) is 3.04. The van der Waals surface area contributed by atoms with Crippen molar-refractivity contribution in [2.75, 3.05) is 7.05 Å². The summed E-state index contributed by atoms with van der Waals surface area (Å²) in [6.45, 7) is 25.9. The van der Waals surface area contributed by atoms with Crippen molar-refractivity contribution in [1.82, 2.24) is 10.2 Å². The summed E-state index contributed by atoms with van der Waals surface area (Å²) in [4.78, 5) is 28.5. The van der Waals surface area contributed by atoms with Gasteiger partial charge in [0, 0.05) is 30.3 Å². The number of nitrogens with one attached hydrogen (secondary N) is 1. The quantitative estimate of drug-likeness (QED) is 0.322. The first-order chi connectivity index (χ1) is 18.3. The molecule has 2 rings (SSSR count). The zero-order valence-corrected chi connectivity index (χ0v) is 27.7. The summed E-state index contributed by atoms with van der Waals surface area (Å²) in [5.41, 5.74) is 6.22. The lowest BCUT2D eigenvalue weighted by Crippen LogP contribution is -2.35. The molecule has 4 nitrogen and oxygen atoms in total. The second kappa shape index (κ2) is 13.4. The minimum atomic E-state index is -0.0573. The molecular formula is C36H56N2O2. The van der Waals surface area contributed by atoms with E-state index in [1.165, 1.54) is 22.3 Å². The molecule has 0 aliphatic heterocycles. The van der Waals surface area contributed by atoms with Crippen molar-refractivity contribution in [3.63, 3.8) is 0 Å². The number of hydrogen-bond donors (Lipinski definition) is 1.